The number of fused-ring (bicyclic) bond motifs is 1. The Hall–Kier alpha value is -4.17. The first kappa shape index (κ1) is 26.4. The second-order valence-corrected chi connectivity index (χ2v) is 10.4. The lowest BCUT2D eigenvalue weighted by Gasteiger charge is -2.30. The molecule has 5 rings (SSSR count). The van der Waals surface area contributed by atoms with Crippen LogP contribution in [0.5, 0.6) is 11.6 Å². The Balaban J connectivity index is 1.39. The molecule has 0 unspecified atom stereocenters. The van der Waals surface area contributed by atoms with E-state index in [0.717, 1.165) is 48.5 Å². The Bertz CT molecular complexity index is 1490. The fraction of sp³-hybridized carbons (Fsp3) is 0.323. The van der Waals surface area contributed by atoms with E-state index in [9.17, 15) is 9.90 Å². The molecule has 1 aliphatic rings. The SMILES string of the molecule is COc1c(C(=O)O)cnn1-c1cccc(-c2cccc(C)c2OCc2ccc3c(c2)CCN(CC(C)C)C3)n1. The lowest BCUT2D eigenvalue weighted by molar-refractivity contribution is 0.0693. The van der Waals surface area contributed by atoms with Gasteiger partial charge < -0.3 is 14.6 Å². The van der Waals surface area contributed by atoms with Crippen molar-refractivity contribution >= 4 is 5.97 Å². The molecule has 0 saturated carbocycles. The summed E-state index contributed by atoms with van der Waals surface area (Å²) < 4.78 is 13.1. The molecular weight excluding hydrogens is 492 g/mol. The monoisotopic (exact) mass is 526 g/mol. The van der Waals surface area contributed by atoms with E-state index >= 15 is 0 Å². The molecule has 3 heterocycles. The standard InChI is InChI=1S/C31H34N4O4/c1-20(2)17-34-14-13-23-15-22(11-12-24(23)18-34)19-39-29-21(3)7-5-8-25(29)27-9-6-10-28(33-27)35-30(38-4)26(16-32-35)31(36)37/h5-12,15-16,20H,13-14,17-19H2,1-4H3,(H,36,37). The fourth-order valence-electron chi connectivity index (χ4n) is 5.16. The van der Waals surface area contributed by atoms with Gasteiger partial charge in [-0.25, -0.2) is 9.78 Å². The van der Waals surface area contributed by atoms with E-state index in [1.54, 1.807) is 6.07 Å². The van der Waals surface area contributed by atoms with Crippen LogP contribution < -0.4 is 9.47 Å². The van der Waals surface area contributed by atoms with Crippen molar-refractivity contribution in [2.24, 2.45) is 5.92 Å². The number of ether oxygens (including phenoxy) is 2. The second kappa shape index (κ2) is 11.3. The minimum atomic E-state index is -1.11. The van der Waals surface area contributed by atoms with Crippen LogP contribution in [0.1, 0.15) is 46.5 Å². The van der Waals surface area contributed by atoms with Crippen molar-refractivity contribution in [3.05, 3.63) is 88.6 Å². The van der Waals surface area contributed by atoms with Crippen LogP contribution in [0.3, 0.4) is 0 Å². The Kier molecular flexibility index (Phi) is 7.65. The van der Waals surface area contributed by atoms with E-state index < -0.39 is 5.97 Å². The van der Waals surface area contributed by atoms with Gasteiger partial charge >= 0.3 is 5.97 Å². The Morgan fingerprint density at radius 3 is 2.69 bits per heavy atom. The van der Waals surface area contributed by atoms with Gasteiger partial charge in [-0.2, -0.15) is 9.78 Å². The van der Waals surface area contributed by atoms with Crippen molar-refractivity contribution in [2.45, 2.75) is 40.3 Å². The average molecular weight is 527 g/mol. The van der Waals surface area contributed by atoms with Gasteiger partial charge in [0, 0.05) is 25.2 Å². The van der Waals surface area contributed by atoms with Gasteiger partial charge in [-0.05, 0) is 59.7 Å². The number of carboxylic acid groups (broad SMARTS) is 1. The molecule has 0 amide bonds. The highest BCUT2D eigenvalue weighted by atomic mass is 16.5. The Morgan fingerprint density at radius 1 is 1.10 bits per heavy atom. The van der Waals surface area contributed by atoms with Crippen molar-refractivity contribution in [2.75, 3.05) is 20.2 Å². The minimum Gasteiger partial charge on any atom is -0.488 e. The number of benzene rings is 2. The molecule has 0 fully saturated rings. The summed E-state index contributed by atoms with van der Waals surface area (Å²) in [5.41, 5.74) is 6.48. The zero-order chi connectivity index (χ0) is 27.5. The molecule has 0 spiro atoms. The number of carbonyl (C=O) groups is 1. The topological polar surface area (TPSA) is 89.7 Å². The van der Waals surface area contributed by atoms with Crippen LogP contribution in [0.25, 0.3) is 17.1 Å². The normalized spacial score (nSPS) is 13.4. The molecule has 0 atom stereocenters. The third-order valence-corrected chi connectivity index (χ3v) is 6.96. The second-order valence-electron chi connectivity index (χ2n) is 10.4. The molecule has 2 aromatic heterocycles. The van der Waals surface area contributed by atoms with E-state index in [-0.39, 0.29) is 11.4 Å². The van der Waals surface area contributed by atoms with E-state index in [1.165, 1.54) is 29.1 Å². The molecule has 0 aliphatic carbocycles. The minimum absolute atomic E-state index is 0.0260. The number of para-hydroxylation sites is 1. The average Bonchev–Trinajstić information content (AvgIpc) is 3.37. The molecule has 8 nitrogen and oxygen atoms in total. The summed E-state index contributed by atoms with van der Waals surface area (Å²) in [6, 6.07) is 18.2. The van der Waals surface area contributed by atoms with Crippen molar-refractivity contribution in [3.63, 3.8) is 0 Å². The third kappa shape index (κ3) is 5.66. The first-order chi connectivity index (χ1) is 18.8. The highest BCUT2D eigenvalue weighted by molar-refractivity contribution is 5.90. The van der Waals surface area contributed by atoms with Crippen LogP contribution in [-0.2, 0) is 19.6 Å². The highest BCUT2D eigenvalue weighted by Gasteiger charge is 2.21. The maximum Gasteiger partial charge on any atom is 0.342 e. The fourth-order valence-corrected chi connectivity index (χ4v) is 5.16. The van der Waals surface area contributed by atoms with E-state index in [2.05, 4.69) is 42.0 Å². The Labute approximate surface area is 228 Å². The maximum atomic E-state index is 11.5. The summed E-state index contributed by atoms with van der Waals surface area (Å²) in [4.78, 5) is 18.9. The van der Waals surface area contributed by atoms with Gasteiger partial charge in [0.15, 0.2) is 5.82 Å². The molecule has 1 N–H and O–H groups in total. The van der Waals surface area contributed by atoms with Gasteiger partial charge in [-0.15, -0.1) is 0 Å². The lowest BCUT2D eigenvalue weighted by Crippen LogP contribution is -2.33. The molecule has 8 heteroatoms. The summed E-state index contributed by atoms with van der Waals surface area (Å²) >= 11 is 0. The zero-order valence-corrected chi connectivity index (χ0v) is 22.8. The van der Waals surface area contributed by atoms with Crippen molar-refractivity contribution < 1.29 is 19.4 Å². The number of aromatic carboxylic acids is 1. The number of rotatable bonds is 9. The molecule has 0 saturated heterocycles. The predicted molar refractivity (Wildman–Crippen MR) is 150 cm³/mol. The van der Waals surface area contributed by atoms with E-state index in [0.29, 0.717) is 24.0 Å². The Morgan fingerprint density at radius 2 is 1.92 bits per heavy atom. The molecule has 1 aliphatic heterocycles. The van der Waals surface area contributed by atoms with Crippen LogP contribution in [0.4, 0.5) is 0 Å². The number of aromatic nitrogens is 3. The van der Waals surface area contributed by atoms with Crippen LogP contribution in [0.15, 0.2) is 60.8 Å². The molecule has 39 heavy (non-hydrogen) atoms. The van der Waals surface area contributed by atoms with Crippen LogP contribution in [0.2, 0.25) is 0 Å². The number of aryl methyl sites for hydroxylation is 1. The number of methoxy groups -OCH3 is 1. The summed E-state index contributed by atoms with van der Waals surface area (Å²) in [6.07, 6.45) is 2.32. The largest absolute Gasteiger partial charge is 0.488 e. The number of pyridine rings is 1. The van der Waals surface area contributed by atoms with Crippen LogP contribution >= 0.6 is 0 Å². The van der Waals surface area contributed by atoms with Crippen molar-refractivity contribution in [1.29, 1.82) is 0 Å². The van der Waals surface area contributed by atoms with Gasteiger partial charge in [-0.3, -0.25) is 4.90 Å². The van der Waals surface area contributed by atoms with Gasteiger partial charge in [0.05, 0.1) is 19.0 Å². The van der Waals surface area contributed by atoms with Crippen molar-refractivity contribution in [3.8, 4) is 28.7 Å². The number of carboxylic acids is 1. The molecule has 4 aromatic rings. The van der Waals surface area contributed by atoms with Crippen LogP contribution in [-0.4, -0.2) is 50.9 Å². The van der Waals surface area contributed by atoms with Gasteiger partial charge in [0.25, 0.3) is 0 Å². The zero-order valence-electron chi connectivity index (χ0n) is 22.8. The van der Waals surface area contributed by atoms with E-state index in [1.807, 2.05) is 37.3 Å². The van der Waals surface area contributed by atoms with Gasteiger partial charge in [0.1, 0.15) is 17.9 Å². The first-order valence-electron chi connectivity index (χ1n) is 13.2. The number of nitrogens with zero attached hydrogens (tertiary/aromatic N) is 4. The summed E-state index contributed by atoms with van der Waals surface area (Å²) in [5, 5.41) is 13.6. The van der Waals surface area contributed by atoms with Crippen molar-refractivity contribution in [1.82, 2.24) is 19.7 Å². The predicted octanol–water partition coefficient (Wildman–Crippen LogP) is 5.54. The first-order valence-corrected chi connectivity index (χ1v) is 13.2. The van der Waals surface area contributed by atoms with Gasteiger partial charge in [-0.1, -0.05) is 50.2 Å². The molecule has 2 aromatic carbocycles. The lowest BCUT2D eigenvalue weighted by atomic mass is 9.97. The number of hydrogen-bond donors (Lipinski definition) is 1. The summed E-state index contributed by atoms with van der Waals surface area (Å²) in [5.74, 6) is 0.889. The summed E-state index contributed by atoms with van der Waals surface area (Å²) in [6.45, 7) is 10.2. The maximum absolute atomic E-state index is 11.5. The molecular formula is C31H34N4O4. The quantitative estimate of drug-likeness (QED) is 0.306. The smallest absolute Gasteiger partial charge is 0.342 e. The van der Waals surface area contributed by atoms with Gasteiger partial charge in [0.2, 0.25) is 5.88 Å². The van der Waals surface area contributed by atoms with Crippen LogP contribution in [0, 0.1) is 12.8 Å². The number of hydrogen-bond acceptors (Lipinski definition) is 6. The molecule has 0 radical (unpaired) electrons. The van der Waals surface area contributed by atoms with E-state index in [4.69, 9.17) is 14.5 Å². The summed E-state index contributed by atoms with van der Waals surface area (Å²) in [7, 11) is 1.42. The molecule has 0 bridgehead atoms. The molecule has 202 valence electrons. The highest BCUT2D eigenvalue weighted by Crippen LogP contribution is 2.34. The third-order valence-electron chi connectivity index (χ3n) is 6.96.